The summed E-state index contributed by atoms with van der Waals surface area (Å²) in [6, 6.07) is 10.3. The van der Waals surface area contributed by atoms with Crippen LogP contribution in [0.3, 0.4) is 0 Å². The molecule has 2 atom stereocenters. The molecule has 2 N–H and O–H groups in total. The van der Waals surface area contributed by atoms with Crippen LogP contribution in [0.5, 0.6) is 5.75 Å². The Morgan fingerprint density at radius 3 is 2.57 bits per heavy atom. The van der Waals surface area contributed by atoms with Gasteiger partial charge in [-0.3, -0.25) is 9.67 Å². The van der Waals surface area contributed by atoms with Gasteiger partial charge in [-0.05, 0) is 48.9 Å². The fraction of sp³-hybridized carbons (Fsp3) is 0.524. The van der Waals surface area contributed by atoms with Crippen molar-refractivity contribution >= 4 is 29.9 Å². The maximum absolute atomic E-state index is 5.23. The minimum absolute atomic E-state index is 0. The third-order valence-corrected chi connectivity index (χ3v) is 4.52. The van der Waals surface area contributed by atoms with Crippen molar-refractivity contribution in [3.8, 4) is 5.75 Å². The molecule has 0 amide bonds. The SMILES string of the molecule is CCNC(=NCC(C)Cn1cccn1)NCCC(C)c1ccc(OC)cc1.I. The topological polar surface area (TPSA) is 63.5 Å². The van der Waals surface area contributed by atoms with Crippen molar-refractivity contribution in [2.45, 2.75) is 39.7 Å². The molecule has 2 unspecified atom stereocenters. The minimum atomic E-state index is 0. The van der Waals surface area contributed by atoms with Crippen molar-refractivity contribution in [2.75, 3.05) is 26.7 Å². The zero-order chi connectivity index (χ0) is 19.5. The Labute approximate surface area is 186 Å². The molecule has 2 rings (SSSR count). The first kappa shape index (κ1) is 24.3. The summed E-state index contributed by atoms with van der Waals surface area (Å²) < 4.78 is 7.18. The average molecular weight is 499 g/mol. The first-order valence-corrected chi connectivity index (χ1v) is 9.76. The second kappa shape index (κ2) is 13.4. The largest absolute Gasteiger partial charge is 0.497 e. The van der Waals surface area contributed by atoms with E-state index >= 15 is 0 Å². The lowest BCUT2D eigenvalue weighted by atomic mass is 9.98. The first-order chi connectivity index (χ1) is 13.1. The van der Waals surface area contributed by atoms with Gasteiger partial charge in [-0.15, -0.1) is 24.0 Å². The van der Waals surface area contributed by atoms with E-state index in [1.807, 2.05) is 35.3 Å². The molecule has 0 saturated heterocycles. The van der Waals surface area contributed by atoms with E-state index in [1.54, 1.807) is 7.11 Å². The molecular formula is C21H34IN5O. The molecule has 156 valence electrons. The number of aliphatic imine (C=N–C) groups is 1. The fourth-order valence-electron chi connectivity index (χ4n) is 2.88. The fourth-order valence-corrected chi connectivity index (χ4v) is 2.88. The van der Waals surface area contributed by atoms with Crippen molar-refractivity contribution in [2.24, 2.45) is 10.9 Å². The number of methoxy groups -OCH3 is 1. The summed E-state index contributed by atoms with van der Waals surface area (Å²) in [6.45, 7) is 9.91. The Balaban J connectivity index is 0.00000392. The standard InChI is InChI=1S/C21H33N5O.HI/c1-5-22-21(24-15-17(2)16-26-14-6-12-25-26)23-13-11-18(3)19-7-9-20(27-4)10-8-19;/h6-10,12,14,17-18H,5,11,13,15-16H2,1-4H3,(H2,22,23,24);1H. The van der Waals surface area contributed by atoms with Crippen LogP contribution >= 0.6 is 24.0 Å². The second-order valence-electron chi connectivity index (χ2n) is 6.94. The lowest BCUT2D eigenvalue weighted by Crippen LogP contribution is -2.38. The van der Waals surface area contributed by atoms with E-state index in [-0.39, 0.29) is 24.0 Å². The highest BCUT2D eigenvalue weighted by Gasteiger charge is 2.07. The Hall–Kier alpha value is -1.77. The Morgan fingerprint density at radius 1 is 1.21 bits per heavy atom. The number of nitrogens with one attached hydrogen (secondary N) is 2. The molecule has 6 nitrogen and oxygen atoms in total. The van der Waals surface area contributed by atoms with E-state index in [9.17, 15) is 0 Å². The molecule has 0 aliphatic heterocycles. The van der Waals surface area contributed by atoms with E-state index in [2.05, 4.69) is 48.6 Å². The summed E-state index contributed by atoms with van der Waals surface area (Å²) in [7, 11) is 1.69. The van der Waals surface area contributed by atoms with Crippen LogP contribution in [0.4, 0.5) is 0 Å². The van der Waals surface area contributed by atoms with Crippen LogP contribution in [0, 0.1) is 5.92 Å². The van der Waals surface area contributed by atoms with Gasteiger partial charge < -0.3 is 15.4 Å². The van der Waals surface area contributed by atoms with E-state index in [4.69, 9.17) is 9.73 Å². The average Bonchev–Trinajstić information content (AvgIpc) is 3.19. The zero-order valence-electron chi connectivity index (χ0n) is 17.4. The van der Waals surface area contributed by atoms with Crippen LogP contribution in [0.25, 0.3) is 0 Å². The van der Waals surface area contributed by atoms with Crippen LogP contribution in [0.1, 0.15) is 38.7 Å². The van der Waals surface area contributed by atoms with Crippen molar-refractivity contribution < 1.29 is 4.74 Å². The molecule has 1 aromatic carbocycles. The quantitative estimate of drug-likeness (QED) is 0.296. The van der Waals surface area contributed by atoms with E-state index < -0.39 is 0 Å². The molecule has 0 spiro atoms. The van der Waals surface area contributed by atoms with Crippen LogP contribution in [0.2, 0.25) is 0 Å². The number of hydrogen-bond donors (Lipinski definition) is 2. The molecular weight excluding hydrogens is 465 g/mol. The summed E-state index contributed by atoms with van der Waals surface area (Å²) in [6.07, 6.45) is 4.84. The third-order valence-electron chi connectivity index (χ3n) is 4.52. The molecule has 28 heavy (non-hydrogen) atoms. The maximum atomic E-state index is 5.23. The van der Waals surface area contributed by atoms with Gasteiger partial charge in [0.15, 0.2) is 5.96 Å². The molecule has 2 aromatic rings. The van der Waals surface area contributed by atoms with Crippen molar-refractivity contribution in [3.05, 3.63) is 48.3 Å². The van der Waals surface area contributed by atoms with Crippen molar-refractivity contribution in [3.63, 3.8) is 0 Å². The summed E-state index contributed by atoms with van der Waals surface area (Å²) >= 11 is 0. The minimum Gasteiger partial charge on any atom is -0.497 e. The number of benzene rings is 1. The van der Waals surface area contributed by atoms with Gasteiger partial charge in [0.25, 0.3) is 0 Å². The predicted molar refractivity (Wildman–Crippen MR) is 127 cm³/mol. The van der Waals surface area contributed by atoms with Gasteiger partial charge in [0.2, 0.25) is 0 Å². The maximum Gasteiger partial charge on any atom is 0.191 e. The van der Waals surface area contributed by atoms with Crippen LogP contribution in [-0.2, 0) is 6.54 Å². The summed E-state index contributed by atoms with van der Waals surface area (Å²) in [4.78, 5) is 4.72. The van der Waals surface area contributed by atoms with Gasteiger partial charge in [0.1, 0.15) is 5.75 Å². The number of aromatic nitrogens is 2. The van der Waals surface area contributed by atoms with E-state index in [0.717, 1.165) is 44.3 Å². The van der Waals surface area contributed by atoms with Gasteiger partial charge in [0, 0.05) is 38.6 Å². The Bertz CT molecular complexity index is 673. The number of halogens is 1. The molecule has 0 saturated carbocycles. The predicted octanol–water partition coefficient (Wildman–Crippen LogP) is 3.89. The molecule has 0 bridgehead atoms. The van der Waals surface area contributed by atoms with Crippen LogP contribution < -0.4 is 15.4 Å². The van der Waals surface area contributed by atoms with Gasteiger partial charge in [0.05, 0.1) is 7.11 Å². The zero-order valence-corrected chi connectivity index (χ0v) is 19.7. The Kier molecular flexibility index (Phi) is 11.6. The van der Waals surface area contributed by atoms with Gasteiger partial charge in [-0.2, -0.15) is 5.10 Å². The number of hydrogen-bond acceptors (Lipinski definition) is 3. The molecule has 0 fully saturated rings. The summed E-state index contributed by atoms with van der Waals surface area (Å²) in [5.41, 5.74) is 1.33. The number of nitrogens with zero attached hydrogens (tertiary/aromatic N) is 3. The molecule has 0 aliphatic rings. The smallest absolute Gasteiger partial charge is 0.191 e. The highest BCUT2D eigenvalue weighted by Crippen LogP contribution is 2.21. The number of guanidine groups is 1. The third kappa shape index (κ3) is 8.50. The molecule has 0 radical (unpaired) electrons. The molecule has 1 heterocycles. The number of ether oxygens (including phenoxy) is 1. The number of rotatable bonds is 10. The van der Waals surface area contributed by atoms with Crippen molar-refractivity contribution in [1.82, 2.24) is 20.4 Å². The highest BCUT2D eigenvalue weighted by atomic mass is 127. The van der Waals surface area contributed by atoms with Crippen LogP contribution in [-0.4, -0.2) is 42.5 Å². The molecule has 0 aliphatic carbocycles. The monoisotopic (exact) mass is 499 g/mol. The van der Waals surface area contributed by atoms with Gasteiger partial charge >= 0.3 is 0 Å². The Morgan fingerprint density at radius 2 is 1.96 bits per heavy atom. The normalized spacial score (nSPS) is 13.4. The molecule has 7 heteroatoms. The highest BCUT2D eigenvalue weighted by molar-refractivity contribution is 14.0. The van der Waals surface area contributed by atoms with Gasteiger partial charge in [-0.25, -0.2) is 0 Å². The van der Waals surface area contributed by atoms with Gasteiger partial charge in [-0.1, -0.05) is 26.0 Å². The summed E-state index contributed by atoms with van der Waals surface area (Å²) in [5, 5.41) is 11.0. The van der Waals surface area contributed by atoms with Crippen molar-refractivity contribution in [1.29, 1.82) is 0 Å². The lowest BCUT2D eigenvalue weighted by molar-refractivity contribution is 0.414. The lowest BCUT2D eigenvalue weighted by Gasteiger charge is -2.16. The van der Waals surface area contributed by atoms with E-state index in [0.29, 0.717) is 11.8 Å². The first-order valence-electron chi connectivity index (χ1n) is 9.76. The van der Waals surface area contributed by atoms with Crippen LogP contribution in [0.15, 0.2) is 47.7 Å². The summed E-state index contributed by atoms with van der Waals surface area (Å²) in [5.74, 6) is 2.69. The van der Waals surface area contributed by atoms with E-state index in [1.165, 1.54) is 5.56 Å². The second-order valence-corrected chi connectivity index (χ2v) is 6.94. The molecule has 1 aromatic heterocycles.